The molecule has 2 aromatic rings. The summed E-state index contributed by atoms with van der Waals surface area (Å²) in [4.78, 5) is 0. The van der Waals surface area contributed by atoms with E-state index in [9.17, 15) is 10.2 Å². The van der Waals surface area contributed by atoms with E-state index < -0.39 is 0 Å². The van der Waals surface area contributed by atoms with Gasteiger partial charge >= 0.3 is 0 Å². The molecular formula is C14H12O2. The Kier molecular flexibility index (Phi) is 1.90. The highest BCUT2D eigenvalue weighted by molar-refractivity contribution is 5.90. The van der Waals surface area contributed by atoms with Crippen LogP contribution in [0.15, 0.2) is 36.1 Å². The van der Waals surface area contributed by atoms with Crippen LogP contribution in [0.5, 0.6) is 5.75 Å². The Bertz CT molecular complexity index is 597. The second-order valence-corrected chi connectivity index (χ2v) is 4.17. The molecule has 0 aromatic heterocycles. The summed E-state index contributed by atoms with van der Waals surface area (Å²) in [6, 6.07) is 9.39. The van der Waals surface area contributed by atoms with E-state index in [2.05, 4.69) is 0 Å². The largest absolute Gasteiger partial charge is 0.512 e. The number of aliphatic hydroxyl groups excluding tert-OH is 1. The number of rotatable bonds is 0. The van der Waals surface area contributed by atoms with Gasteiger partial charge in [0.1, 0.15) is 5.75 Å². The fourth-order valence-corrected chi connectivity index (χ4v) is 2.32. The van der Waals surface area contributed by atoms with E-state index in [1.54, 1.807) is 12.1 Å². The molecule has 0 aliphatic heterocycles. The summed E-state index contributed by atoms with van der Waals surface area (Å²) in [5, 5.41) is 21.1. The molecule has 0 unspecified atom stereocenters. The van der Waals surface area contributed by atoms with Crippen molar-refractivity contribution in [3.8, 4) is 5.75 Å². The number of phenolic OH excluding ortho intramolecular Hbond substituents is 1. The Morgan fingerprint density at radius 2 is 1.81 bits per heavy atom. The standard InChI is InChI=1S/C14H12O2/c15-11-3-5-13-9(7-11)1-2-10-8-12(16)4-6-14(10)13/h1-3,5,7-8,15-16H,4,6H2. The smallest absolute Gasteiger partial charge is 0.116 e. The first-order chi connectivity index (χ1) is 7.74. The van der Waals surface area contributed by atoms with E-state index in [4.69, 9.17) is 0 Å². The van der Waals surface area contributed by atoms with Gasteiger partial charge in [-0.2, -0.15) is 0 Å². The molecule has 0 bridgehead atoms. The molecule has 0 atom stereocenters. The number of hydrogen-bond donors (Lipinski definition) is 2. The minimum absolute atomic E-state index is 0.293. The van der Waals surface area contributed by atoms with Crippen LogP contribution in [0.1, 0.15) is 17.5 Å². The van der Waals surface area contributed by atoms with Crippen LogP contribution in [0.4, 0.5) is 0 Å². The molecule has 2 N–H and O–H groups in total. The first kappa shape index (κ1) is 9.28. The van der Waals surface area contributed by atoms with Crippen LogP contribution in [0.3, 0.4) is 0 Å². The summed E-state index contributed by atoms with van der Waals surface area (Å²) in [5.41, 5.74) is 2.34. The quantitative estimate of drug-likeness (QED) is 0.702. The number of hydrogen-bond acceptors (Lipinski definition) is 2. The van der Waals surface area contributed by atoms with Crippen LogP contribution < -0.4 is 0 Å². The number of phenols is 1. The van der Waals surface area contributed by atoms with Crippen molar-refractivity contribution < 1.29 is 10.2 Å². The summed E-state index contributed by atoms with van der Waals surface area (Å²) in [6.07, 6.45) is 3.39. The number of benzene rings is 2. The molecule has 0 heterocycles. The average molecular weight is 212 g/mol. The third kappa shape index (κ3) is 1.34. The van der Waals surface area contributed by atoms with Crippen molar-refractivity contribution >= 4 is 16.8 Å². The van der Waals surface area contributed by atoms with Crippen molar-refractivity contribution in [2.45, 2.75) is 12.8 Å². The molecule has 0 saturated carbocycles. The van der Waals surface area contributed by atoms with Gasteiger partial charge in [-0.25, -0.2) is 0 Å². The minimum atomic E-state index is 0.293. The first-order valence-electron chi connectivity index (χ1n) is 5.38. The lowest BCUT2D eigenvalue weighted by molar-refractivity contribution is 0.392. The monoisotopic (exact) mass is 212 g/mol. The van der Waals surface area contributed by atoms with Gasteiger partial charge < -0.3 is 10.2 Å². The lowest BCUT2D eigenvalue weighted by Crippen LogP contribution is -1.99. The van der Waals surface area contributed by atoms with Crippen LogP contribution in [-0.2, 0) is 6.42 Å². The second-order valence-electron chi connectivity index (χ2n) is 4.17. The molecule has 3 rings (SSSR count). The van der Waals surface area contributed by atoms with E-state index in [1.165, 1.54) is 10.9 Å². The number of aromatic hydroxyl groups is 1. The molecule has 1 aliphatic rings. The highest BCUT2D eigenvalue weighted by atomic mass is 16.3. The zero-order chi connectivity index (χ0) is 11.1. The van der Waals surface area contributed by atoms with Gasteiger partial charge in [0.05, 0.1) is 5.76 Å². The number of fused-ring (bicyclic) bond motifs is 3. The van der Waals surface area contributed by atoms with Gasteiger partial charge in [0, 0.05) is 6.42 Å². The maximum absolute atomic E-state index is 9.49. The summed E-state index contributed by atoms with van der Waals surface area (Å²) >= 11 is 0. The topological polar surface area (TPSA) is 40.5 Å². The molecule has 2 nitrogen and oxygen atoms in total. The molecule has 0 saturated heterocycles. The minimum Gasteiger partial charge on any atom is -0.512 e. The first-order valence-corrected chi connectivity index (χ1v) is 5.38. The zero-order valence-electron chi connectivity index (χ0n) is 8.77. The third-order valence-electron chi connectivity index (χ3n) is 3.10. The summed E-state index contributed by atoms with van der Waals surface area (Å²) in [7, 11) is 0. The molecule has 2 heteroatoms. The predicted molar refractivity (Wildman–Crippen MR) is 64.5 cm³/mol. The Morgan fingerprint density at radius 1 is 0.938 bits per heavy atom. The van der Waals surface area contributed by atoms with Crippen LogP contribution in [-0.4, -0.2) is 10.2 Å². The summed E-state index contributed by atoms with van der Waals surface area (Å²) in [5.74, 6) is 0.743. The molecule has 0 amide bonds. The van der Waals surface area contributed by atoms with E-state index in [1.807, 2.05) is 24.3 Å². The van der Waals surface area contributed by atoms with E-state index in [0.717, 1.165) is 17.4 Å². The molecular weight excluding hydrogens is 200 g/mol. The third-order valence-corrected chi connectivity index (χ3v) is 3.10. The van der Waals surface area contributed by atoms with E-state index in [0.29, 0.717) is 17.9 Å². The van der Waals surface area contributed by atoms with Crippen molar-refractivity contribution in [2.24, 2.45) is 0 Å². The Hall–Kier alpha value is -1.96. The van der Waals surface area contributed by atoms with Crippen molar-refractivity contribution in [3.63, 3.8) is 0 Å². The van der Waals surface area contributed by atoms with Gasteiger partial charge in [-0.3, -0.25) is 0 Å². The van der Waals surface area contributed by atoms with Gasteiger partial charge in [-0.15, -0.1) is 0 Å². The number of allylic oxidation sites excluding steroid dienone is 1. The van der Waals surface area contributed by atoms with Crippen LogP contribution in [0.25, 0.3) is 16.8 Å². The van der Waals surface area contributed by atoms with Crippen LogP contribution >= 0.6 is 0 Å². The van der Waals surface area contributed by atoms with Crippen molar-refractivity contribution in [2.75, 3.05) is 0 Å². The summed E-state index contributed by atoms with van der Waals surface area (Å²) in [6.45, 7) is 0. The molecule has 80 valence electrons. The Morgan fingerprint density at radius 3 is 2.69 bits per heavy atom. The van der Waals surface area contributed by atoms with Crippen molar-refractivity contribution in [1.29, 1.82) is 0 Å². The fourth-order valence-electron chi connectivity index (χ4n) is 2.32. The lowest BCUT2D eigenvalue weighted by atomic mass is 9.91. The molecule has 2 aromatic carbocycles. The van der Waals surface area contributed by atoms with E-state index >= 15 is 0 Å². The molecule has 0 spiro atoms. The van der Waals surface area contributed by atoms with Crippen LogP contribution in [0, 0.1) is 0 Å². The van der Waals surface area contributed by atoms with Crippen molar-refractivity contribution in [3.05, 3.63) is 47.2 Å². The van der Waals surface area contributed by atoms with Gasteiger partial charge in [0.2, 0.25) is 0 Å². The van der Waals surface area contributed by atoms with Crippen LogP contribution in [0.2, 0.25) is 0 Å². The van der Waals surface area contributed by atoms with Crippen molar-refractivity contribution in [1.82, 2.24) is 0 Å². The molecule has 1 aliphatic carbocycles. The highest BCUT2D eigenvalue weighted by Gasteiger charge is 2.12. The highest BCUT2D eigenvalue weighted by Crippen LogP contribution is 2.31. The lowest BCUT2D eigenvalue weighted by Gasteiger charge is -2.15. The van der Waals surface area contributed by atoms with Gasteiger partial charge in [-0.1, -0.05) is 18.2 Å². The zero-order valence-corrected chi connectivity index (χ0v) is 8.77. The van der Waals surface area contributed by atoms with E-state index in [-0.39, 0.29) is 0 Å². The fraction of sp³-hybridized carbons (Fsp3) is 0.143. The summed E-state index contributed by atoms with van der Waals surface area (Å²) < 4.78 is 0. The Labute approximate surface area is 93.5 Å². The average Bonchev–Trinajstić information content (AvgIpc) is 2.28. The maximum Gasteiger partial charge on any atom is 0.116 e. The molecule has 0 fully saturated rings. The number of aliphatic hydroxyl groups is 1. The van der Waals surface area contributed by atoms with Gasteiger partial charge in [-0.05, 0) is 46.5 Å². The second kappa shape index (κ2) is 3.27. The van der Waals surface area contributed by atoms with Gasteiger partial charge in [0.15, 0.2) is 0 Å². The molecule has 0 radical (unpaired) electrons. The predicted octanol–water partition coefficient (Wildman–Crippen LogP) is 3.39. The molecule has 16 heavy (non-hydrogen) atoms. The maximum atomic E-state index is 9.49. The van der Waals surface area contributed by atoms with Gasteiger partial charge in [0.25, 0.3) is 0 Å². The SMILES string of the molecule is OC1=Cc2ccc3cc(O)ccc3c2CC1. The number of aryl methyl sites for hydroxylation is 1. The normalized spacial score (nSPS) is 14.6. The Balaban J connectivity index is 2.33.